The maximum absolute atomic E-state index is 12.2. The number of halogens is 4. The van der Waals surface area contributed by atoms with Crippen LogP contribution in [0.25, 0.3) is 0 Å². The van der Waals surface area contributed by atoms with Gasteiger partial charge in [0.25, 0.3) is 0 Å². The lowest BCUT2D eigenvalue weighted by molar-refractivity contribution is -0.274. The molecule has 140 valence electrons. The van der Waals surface area contributed by atoms with Crippen LogP contribution >= 0.6 is 11.6 Å². The second-order valence-corrected chi connectivity index (χ2v) is 6.56. The van der Waals surface area contributed by atoms with Crippen LogP contribution in [0.2, 0.25) is 5.28 Å². The summed E-state index contributed by atoms with van der Waals surface area (Å²) in [4.78, 5) is 4.18. The van der Waals surface area contributed by atoms with Crippen molar-refractivity contribution in [1.82, 2.24) is 9.55 Å². The standard InChI is InChI=1S/C18H18ClF3N2O2/c1-12-15(8-10-17(2,3)25)23-16(19)24(12)11-9-13-4-6-14(7-5-13)26-18(20,21)22/h4-7,25H,9,11H2,1-3H3. The summed E-state index contributed by atoms with van der Waals surface area (Å²) in [6, 6.07) is 5.67. The van der Waals surface area contributed by atoms with Crippen LogP contribution in [0.4, 0.5) is 13.2 Å². The summed E-state index contributed by atoms with van der Waals surface area (Å²) in [6.45, 7) is 5.44. The number of rotatable bonds is 4. The predicted octanol–water partition coefficient (Wildman–Crippen LogP) is 4.11. The summed E-state index contributed by atoms with van der Waals surface area (Å²) in [6.07, 6.45) is -4.16. The van der Waals surface area contributed by atoms with E-state index in [9.17, 15) is 18.3 Å². The summed E-state index contributed by atoms with van der Waals surface area (Å²) in [5, 5.41) is 9.93. The van der Waals surface area contributed by atoms with Crippen molar-refractivity contribution in [3.63, 3.8) is 0 Å². The number of nitrogens with zero attached hydrogens (tertiary/aromatic N) is 2. The van der Waals surface area contributed by atoms with Crippen LogP contribution in [-0.4, -0.2) is 26.6 Å². The monoisotopic (exact) mass is 386 g/mol. The minimum Gasteiger partial charge on any atom is -0.406 e. The number of aliphatic hydroxyl groups is 1. The third-order valence-electron chi connectivity index (χ3n) is 3.44. The molecule has 0 aliphatic carbocycles. The van der Waals surface area contributed by atoms with Crippen LogP contribution in [0.15, 0.2) is 24.3 Å². The molecule has 0 aliphatic heterocycles. The minimum absolute atomic E-state index is 0.262. The summed E-state index contributed by atoms with van der Waals surface area (Å²) in [7, 11) is 0. The van der Waals surface area contributed by atoms with Crippen molar-refractivity contribution in [3.05, 3.63) is 46.5 Å². The number of aromatic nitrogens is 2. The molecule has 8 heteroatoms. The average Bonchev–Trinajstić information content (AvgIpc) is 2.77. The molecule has 0 spiro atoms. The van der Waals surface area contributed by atoms with E-state index in [2.05, 4.69) is 21.6 Å². The average molecular weight is 387 g/mol. The highest BCUT2D eigenvalue weighted by atomic mass is 35.5. The molecule has 1 heterocycles. The fourth-order valence-corrected chi connectivity index (χ4v) is 2.48. The van der Waals surface area contributed by atoms with Crippen LogP contribution in [0.1, 0.15) is 30.8 Å². The zero-order valence-corrected chi connectivity index (χ0v) is 15.2. The Morgan fingerprint density at radius 1 is 1.23 bits per heavy atom. The summed E-state index contributed by atoms with van der Waals surface area (Å²) >= 11 is 6.14. The van der Waals surface area contributed by atoms with Gasteiger partial charge in [0, 0.05) is 6.54 Å². The van der Waals surface area contributed by atoms with Gasteiger partial charge in [-0.05, 0) is 62.4 Å². The Balaban J connectivity index is 2.08. The smallest absolute Gasteiger partial charge is 0.406 e. The van der Waals surface area contributed by atoms with Gasteiger partial charge in [-0.15, -0.1) is 13.2 Å². The number of hydrogen-bond acceptors (Lipinski definition) is 3. The molecule has 0 unspecified atom stereocenters. The van der Waals surface area contributed by atoms with Crippen molar-refractivity contribution in [2.75, 3.05) is 0 Å². The Bertz CT molecular complexity index is 826. The van der Waals surface area contributed by atoms with Gasteiger partial charge in [-0.2, -0.15) is 0 Å². The molecular weight excluding hydrogens is 369 g/mol. The van der Waals surface area contributed by atoms with Gasteiger partial charge in [0.05, 0.1) is 5.69 Å². The van der Waals surface area contributed by atoms with Crippen molar-refractivity contribution in [1.29, 1.82) is 0 Å². The molecule has 0 aliphatic rings. The highest BCUT2D eigenvalue weighted by Crippen LogP contribution is 2.23. The Morgan fingerprint density at radius 3 is 2.38 bits per heavy atom. The molecule has 2 rings (SSSR count). The van der Waals surface area contributed by atoms with E-state index in [1.165, 1.54) is 12.1 Å². The van der Waals surface area contributed by atoms with E-state index in [4.69, 9.17) is 11.6 Å². The molecule has 2 aromatic rings. The van der Waals surface area contributed by atoms with Gasteiger partial charge < -0.3 is 14.4 Å². The third-order valence-corrected chi connectivity index (χ3v) is 3.73. The molecular formula is C18H18ClF3N2O2. The first-order chi connectivity index (χ1) is 11.9. The third kappa shape index (κ3) is 5.97. The molecule has 0 saturated carbocycles. The van der Waals surface area contributed by atoms with Crippen LogP contribution in [0.5, 0.6) is 5.75 Å². The minimum atomic E-state index is -4.70. The van der Waals surface area contributed by atoms with Crippen molar-refractivity contribution in [2.24, 2.45) is 0 Å². The molecule has 4 nitrogen and oxygen atoms in total. The number of hydrogen-bond donors (Lipinski definition) is 1. The van der Waals surface area contributed by atoms with Gasteiger partial charge in [0.1, 0.15) is 17.0 Å². The SMILES string of the molecule is Cc1c(C#CC(C)(C)O)nc(Cl)n1CCc1ccc(OC(F)(F)F)cc1. The number of aryl methyl sites for hydroxylation is 1. The number of ether oxygens (including phenoxy) is 1. The molecule has 1 aromatic carbocycles. The van der Waals surface area contributed by atoms with E-state index < -0.39 is 12.0 Å². The van der Waals surface area contributed by atoms with E-state index in [-0.39, 0.29) is 11.0 Å². The highest BCUT2D eigenvalue weighted by molar-refractivity contribution is 6.28. The van der Waals surface area contributed by atoms with Crippen molar-refractivity contribution in [2.45, 2.75) is 45.7 Å². The Morgan fingerprint density at radius 2 is 1.85 bits per heavy atom. The van der Waals surface area contributed by atoms with Gasteiger partial charge in [-0.25, -0.2) is 4.98 Å². The van der Waals surface area contributed by atoms with Gasteiger partial charge in [-0.3, -0.25) is 0 Å². The van der Waals surface area contributed by atoms with E-state index in [0.29, 0.717) is 18.7 Å². The molecule has 26 heavy (non-hydrogen) atoms. The molecule has 1 N–H and O–H groups in total. The van der Waals surface area contributed by atoms with Crippen LogP contribution in [-0.2, 0) is 13.0 Å². The predicted molar refractivity (Wildman–Crippen MR) is 92.0 cm³/mol. The van der Waals surface area contributed by atoms with Crippen LogP contribution in [0, 0.1) is 18.8 Å². The first-order valence-corrected chi connectivity index (χ1v) is 8.15. The highest BCUT2D eigenvalue weighted by Gasteiger charge is 2.30. The number of alkyl halides is 3. The molecule has 0 saturated heterocycles. The lowest BCUT2D eigenvalue weighted by Crippen LogP contribution is -2.17. The van der Waals surface area contributed by atoms with Crippen LogP contribution in [0.3, 0.4) is 0 Å². The van der Waals surface area contributed by atoms with E-state index in [1.54, 1.807) is 30.5 Å². The van der Waals surface area contributed by atoms with Gasteiger partial charge in [0.15, 0.2) is 0 Å². The molecule has 1 aromatic heterocycles. The zero-order valence-electron chi connectivity index (χ0n) is 14.5. The number of imidazole rings is 1. The zero-order chi connectivity index (χ0) is 19.5. The topological polar surface area (TPSA) is 47.3 Å². The second-order valence-electron chi connectivity index (χ2n) is 6.22. The van der Waals surface area contributed by atoms with E-state index in [1.807, 2.05) is 6.92 Å². The van der Waals surface area contributed by atoms with Gasteiger partial charge >= 0.3 is 6.36 Å². The molecule has 0 atom stereocenters. The van der Waals surface area contributed by atoms with Crippen molar-refractivity contribution < 1.29 is 23.0 Å². The fourth-order valence-electron chi connectivity index (χ4n) is 2.19. The summed E-state index contributed by atoms with van der Waals surface area (Å²) < 4.78 is 42.1. The Labute approximate surface area is 154 Å². The summed E-state index contributed by atoms with van der Waals surface area (Å²) in [5.74, 6) is 5.22. The normalized spacial score (nSPS) is 11.8. The largest absolute Gasteiger partial charge is 0.573 e. The molecule has 0 bridgehead atoms. The fraction of sp³-hybridized carbons (Fsp3) is 0.389. The quantitative estimate of drug-likeness (QED) is 0.804. The first-order valence-electron chi connectivity index (χ1n) is 7.77. The lowest BCUT2D eigenvalue weighted by Gasteiger charge is -2.10. The Kier molecular flexibility index (Phi) is 5.89. The van der Waals surface area contributed by atoms with E-state index >= 15 is 0 Å². The maximum Gasteiger partial charge on any atom is 0.573 e. The van der Waals surface area contributed by atoms with Gasteiger partial charge in [-0.1, -0.05) is 18.1 Å². The van der Waals surface area contributed by atoms with Gasteiger partial charge in [0.2, 0.25) is 5.28 Å². The van der Waals surface area contributed by atoms with Crippen molar-refractivity contribution in [3.8, 4) is 17.6 Å². The van der Waals surface area contributed by atoms with Crippen molar-refractivity contribution >= 4 is 11.6 Å². The maximum atomic E-state index is 12.2. The molecule has 0 fully saturated rings. The number of benzene rings is 1. The second kappa shape index (κ2) is 7.60. The summed E-state index contributed by atoms with van der Waals surface area (Å²) in [5.41, 5.74) is 0.922. The first kappa shape index (κ1) is 20.1. The molecule has 0 radical (unpaired) electrons. The Hall–Kier alpha value is -2.17. The van der Waals surface area contributed by atoms with Crippen LogP contribution < -0.4 is 4.74 Å². The lowest BCUT2D eigenvalue weighted by atomic mass is 10.1. The van der Waals surface area contributed by atoms with E-state index in [0.717, 1.165) is 11.3 Å². The molecule has 0 amide bonds.